The molecule has 2 aliphatic heterocycles. The molecule has 3 heterocycles. The Morgan fingerprint density at radius 1 is 1.32 bits per heavy atom. The smallest absolute Gasteiger partial charge is 0.264 e. The van der Waals surface area contributed by atoms with Crippen molar-refractivity contribution in [3.63, 3.8) is 0 Å². The molecule has 1 aromatic heterocycles. The summed E-state index contributed by atoms with van der Waals surface area (Å²) in [4.78, 5) is 16.3. The zero-order valence-corrected chi connectivity index (χ0v) is 21.0. The van der Waals surface area contributed by atoms with Crippen LogP contribution < -0.4 is 10.5 Å². The van der Waals surface area contributed by atoms with E-state index in [0.717, 1.165) is 63.2 Å². The molecule has 1 amide bonds. The highest BCUT2D eigenvalue weighted by Crippen LogP contribution is 2.46. The van der Waals surface area contributed by atoms with E-state index in [1.165, 1.54) is 17.4 Å². The minimum atomic E-state index is -0.160. The molecular formula is C23H29BrClFN2O2S. The van der Waals surface area contributed by atoms with Crippen LogP contribution in [0.4, 0.5) is 4.39 Å². The van der Waals surface area contributed by atoms with Gasteiger partial charge in [-0.1, -0.05) is 30.4 Å². The van der Waals surface area contributed by atoms with Gasteiger partial charge in [0.25, 0.3) is 5.91 Å². The monoisotopic (exact) mass is 530 g/mol. The molecule has 2 bridgehead atoms. The van der Waals surface area contributed by atoms with Gasteiger partial charge in [0.15, 0.2) is 5.06 Å². The Labute approximate surface area is 201 Å². The highest BCUT2D eigenvalue weighted by atomic mass is 79.9. The predicted octanol–water partition coefficient (Wildman–Crippen LogP) is 6.18. The Morgan fingerprint density at radius 3 is 2.61 bits per heavy atom. The van der Waals surface area contributed by atoms with Crippen molar-refractivity contribution in [3.05, 3.63) is 50.1 Å². The third-order valence-corrected chi connectivity index (χ3v) is 8.79. The van der Waals surface area contributed by atoms with Gasteiger partial charge in [-0.05, 0) is 83.6 Å². The van der Waals surface area contributed by atoms with Crippen LogP contribution in [0.1, 0.15) is 71.3 Å². The van der Waals surface area contributed by atoms with Gasteiger partial charge in [0.1, 0.15) is 5.82 Å². The number of rotatable bonds is 6. The number of piperidine rings is 1. The summed E-state index contributed by atoms with van der Waals surface area (Å²) in [5, 5.41) is 0.778. The van der Waals surface area contributed by atoms with E-state index in [-0.39, 0.29) is 42.1 Å². The number of benzene rings is 1. The van der Waals surface area contributed by atoms with E-state index in [1.807, 2.05) is 13.0 Å². The molecule has 4 rings (SSSR count). The van der Waals surface area contributed by atoms with Crippen molar-refractivity contribution in [3.8, 4) is 5.06 Å². The van der Waals surface area contributed by atoms with Crippen molar-refractivity contribution < 1.29 is 13.9 Å². The lowest BCUT2D eigenvalue weighted by atomic mass is 9.84. The molecule has 1 aromatic carbocycles. The van der Waals surface area contributed by atoms with Crippen LogP contribution in [-0.4, -0.2) is 29.5 Å². The van der Waals surface area contributed by atoms with Crippen LogP contribution >= 0.6 is 39.7 Å². The van der Waals surface area contributed by atoms with Crippen LogP contribution in [0.25, 0.3) is 0 Å². The molecular weight excluding hydrogens is 503 g/mol. The third-order valence-electron chi connectivity index (χ3n) is 6.38. The fourth-order valence-electron chi connectivity index (χ4n) is 4.87. The highest BCUT2D eigenvalue weighted by molar-refractivity contribution is 9.10. The Kier molecular flexibility index (Phi) is 8.05. The summed E-state index contributed by atoms with van der Waals surface area (Å²) >= 11 is 5.02. The number of ether oxygens (including phenoxy) is 1. The van der Waals surface area contributed by atoms with Crippen LogP contribution in [0.5, 0.6) is 5.06 Å². The summed E-state index contributed by atoms with van der Waals surface area (Å²) in [5.41, 5.74) is 8.42. The van der Waals surface area contributed by atoms with Gasteiger partial charge in [0.05, 0.1) is 16.0 Å². The molecule has 0 radical (unpaired) electrons. The Bertz CT molecular complexity index is 940. The number of nitrogens with two attached hydrogens (primary N) is 1. The third kappa shape index (κ3) is 4.65. The predicted molar refractivity (Wildman–Crippen MR) is 129 cm³/mol. The average molecular weight is 532 g/mol. The molecule has 2 atom stereocenters. The zero-order valence-electron chi connectivity index (χ0n) is 17.8. The lowest BCUT2D eigenvalue weighted by Crippen LogP contribution is -2.46. The van der Waals surface area contributed by atoms with Gasteiger partial charge >= 0.3 is 0 Å². The van der Waals surface area contributed by atoms with Crippen LogP contribution in [-0.2, 0) is 6.54 Å². The van der Waals surface area contributed by atoms with Gasteiger partial charge in [-0.2, -0.15) is 0 Å². The molecule has 2 aromatic rings. The van der Waals surface area contributed by atoms with Crippen LogP contribution in [0.15, 0.2) is 22.7 Å². The Balaban J connectivity index is 0.00000272. The fourth-order valence-corrected chi connectivity index (χ4v) is 6.58. The van der Waals surface area contributed by atoms with Crippen molar-refractivity contribution in [2.45, 2.75) is 70.5 Å². The summed E-state index contributed by atoms with van der Waals surface area (Å²) < 4.78 is 21.2. The second kappa shape index (κ2) is 10.2. The van der Waals surface area contributed by atoms with E-state index in [9.17, 15) is 9.18 Å². The number of carbonyl (C=O) groups excluding carboxylic acids is 1. The summed E-state index contributed by atoms with van der Waals surface area (Å²) in [6.07, 6.45) is 4.49. The van der Waals surface area contributed by atoms with Crippen molar-refractivity contribution in [2.24, 2.45) is 5.73 Å². The fraction of sp³-hybridized carbons (Fsp3) is 0.522. The van der Waals surface area contributed by atoms with E-state index >= 15 is 0 Å². The molecule has 2 aliphatic rings. The summed E-state index contributed by atoms with van der Waals surface area (Å²) in [5.74, 6) is 0.0662. The minimum absolute atomic E-state index is 0. The van der Waals surface area contributed by atoms with E-state index < -0.39 is 0 Å². The summed E-state index contributed by atoms with van der Waals surface area (Å²) in [6, 6.07) is 5.50. The maximum Gasteiger partial charge on any atom is 0.264 e. The zero-order chi connectivity index (χ0) is 21.4. The largest absolute Gasteiger partial charge is 0.483 e. The maximum absolute atomic E-state index is 14.5. The lowest BCUT2D eigenvalue weighted by molar-refractivity contribution is 0.0574. The highest BCUT2D eigenvalue weighted by Gasteiger charge is 2.45. The van der Waals surface area contributed by atoms with Crippen LogP contribution in [0, 0.1) is 12.7 Å². The first kappa shape index (κ1) is 24.5. The van der Waals surface area contributed by atoms with E-state index in [4.69, 9.17) is 10.5 Å². The number of nitrogens with zero attached hydrogens (tertiary/aromatic N) is 1. The van der Waals surface area contributed by atoms with Crippen LogP contribution in [0.2, 0.25) is 0 Å². The Hall–Kier alpha value is -1.15. The number of hydrogen-bond donors (Lipinski definition) is 1. The first-order valence-corrected chi connectivity index (χ1v) is 12.3. The van der Waals surface area contributed by atoms with Gasteiger partial charge in [0.2, 0.25) is 0 Å². The molecule has 2 unspecified atom stereocenters. The first-order chi connectivity index (χ1) is 14.4. The second-order valence-electron chi connectivity index (χ2n) is 8.33. The molecule has 2 fully saturated rings. The molecule has 0 spiro atoms. The first-order valence-electron chi connectivity index (χ1n) is 10.7. The quantitative estimate of drug-likeness (QED) is 0.484. The van der Waals surface area contributed by atoms with Gasteiger partial charge in [0, 0.05) is 18.6 Å². The standard InChI is InChI=1S/C23H28BrFN2O2S.ClH/c1-3-8-29-23-20(24)13(2)21(30-23)22(28)27-16-5-6-17(27)11-15(10-16)18-9-14(12-26)4-7-19(18)25;/h4,7,9,15-17H,3,5-6,8,10-12,26H2,1-2H3;1H. The molecule has 4 nitrogen and oxygen atoms in total. The number of carbonyl (C=O) groups is 1. The second-order valence-corrected chi connectivity index (χ2v) is 10.1. The van der Waals surface area contributed by atoms with E-state index in [0.29, 0.717) is 13.2 Å². The van der Waals surface area contributed by atoms with Crippen LogP contribution in [0.3, 0.4) is 0 Å². The summed E-state index contributed by atoms with van der Waals surface area (Å²) in [6.45, 7) is 5.08. The van der Waals surface area contributed by atoms with Gasteiger partial charge in [-0.25, -0.2) is 4.39 Å². The number of thiophene rings is 1. The van der Waals surface area contributed by atoms with Crippen molar-refractivity contribution in [1.82, 2.24) is 4.90 Å². The van der Waals surface area contributed by atoms with Crippen molar-refractivity contribution in [1.29, 1.82) is 0 Å². The average Bonchev–Trinajstić information content (AvgIpc) is 3.18. The number of amides is 1. The number of halogens is 3. The SMILES string of the molecule is CCCOc1sc(C(=O)N2C3CCC2CC(c2cc(CN)ccc2F)C3)c(C)c1Br.Cl. The summed E-state index contributed by atoms with van der Waals surface area (Å²) in [7, 11) is 0. The molecule has 2 N–H and O–H groups in total. The van der Waals surface area contributed by atoms with Crippen molar-refractivity contribution >= 4 is 45.6 Å². The molecule has 0 saturated carbocycles. The molecule has 31 heavy (non-hydrogen) atoms. The van der Waals surface area contributed by atoms with Gasteiger partial charge in [-0.3, -0.25) is 4.79 Å². The lowest BCUT2D eigenvalue weighted by Gasteiger charge is -2.39. The molecule has 170 valence electrons. The van der Waals surface area contributed by atoms with E-state index in [1.54, 1.807) is 6.07 Å². The van der Waals surface area contributed by atoms with Gasteiger partial charge < -0.3 is 15.4 Å². The Morgan fingerprint density at radius 2 is 2.00 bits per heavy atom. The minimum Gasteiger partial charge on any atom is -0.483 e. The molecule has 8 heteroatoms. The van der Waals surface area contributed by atoms with Crippen molar-refractivity contribution in [2.75, 3.05) is 6.61 Å². The number of hydrogen-bond acceptors (Lipinski definition) is 4. The maximum atomic E-state index is 14.5. The normalized spacial score (nSPS) is 22.4. The molecule has 2 saturated heterocycles. The number of fused-ring (bicyclic) bond motifs is 2. The van der Waals surface area contributed by atoms with Gasteiger partial charge in [-0.15, -0.1) is 12.4 Å². The molecule has 0 aliphatic carbocycles. The topological polar surface area (TPSA) is 55.6 Å². The van der Waals surface area contributed by atoms with E-state index in [2.05, 4.69) is 27.8 Å².